The van der Waals surface area contributed by atoms with Crippen LogP contribution in [0.3, 0.4) is 0 Å². The number of rotatable bonds is 5. The molecule has 1 N–H and O–H groups in total. The van der Waals surface area contributed by atoms with Gasteiger partial charge in [-0.05, 0) is 36.9 Å². The Hall–Kier alpha value is -0.840. The van der Waals surface area contributed by atoms with Gasteiger partial charge in [-0.15, -0.1) is 5.10 Å². The summed E-state index contributed by atoms with van der Waals surface area (Å²) in [6.07, 6.45) is 6.21. The van der Waals surface area contributed by atoms with E-state index in [-0.39, 0.29) is 0 Å². The van der Waals surface area contributed by atoms with Gasteiger partial charge < -0.3 is 4.90 Å². The van der Waals surface area contributed by atoms with Gasteiger partial charge in [-0.25, -0.2) is 5.10 Å². The molecule has 2 heterocycles. The molecule has 0 amide bonds. The highest BCUT2D eigenvalue weighted by Gasteiger charge is 2.32. The van der Waals surface area contributed by atoms with Gasteiger partial charge in [0.2, 0.25) is 5.95 Å². The van der Waals surface area contributed by atoms with Gasteiger partial charge in [0.25, 0.3) is 0 Å². The van der Waals surface area contributed by atoms with E-state index >= 15 is 0 Å². The third kappa shape index (κ3) is 2.86. The number of hydrogen-bond acceptors (Lipinski definition) is 3. The Morgan fingerprint density at radius 3 is 2.37 bits per heavy atom. The highest BCUT2D eigenvalue weighted by atomic mass is 32.1. The van der Waals surface area contributed by atoms with E-state index < -0.39 is 0 Å². The summed E-state index contributed by atoms with van der Waals surface area (Å²) in [5, 5.41) is 7.37. The lowest BCUT2D eigenvalue weighted by atomic mass is 9.74. The maximum atomic E-state index is 5.32. The minimum absolute atomic E-state index is 0.555. The third-order valence-corrected chi connectivity index (χ3v) is 5.10. The van der Waals surface area contributed by atoms with E-state index in [1.54, 1.807) is 0 Å². The normalized spacial score (nSPS) is 18.8. The van der Waals surface area contributed by atoms with Crippen molar-refractivity contribution in [1.82, 2.24) is 14.8 Å². The molecule has 5 heteroatoms. The fraction of sp³-hybridized carbons (Fsp3) is 0.857. The Bertz CT molecular complexity index is 448. The summed E-state index contributed by atoms with van der Waals surface area (Å²) < 4.78 is 2.89. The molecule has 0 atom stereocenters. The Balaban J connectivity index is 2.11. The lowest BCUT2D eigenvalue weighted by Gasteiger charge is -2.41. The van der Waals surface area contributed by atoms with Crippen LogP contribution in [-0.2, 0) is 6.54 Å². The zero-order chi connectivity index (χ0) is 13.9. The largest absolute Gasteiger partial charge is 0.341 e. The molecule has 1 aromatic heterocycles. The van der Waals surface area contributed by atoms with Gasteiger partial charge >= 0.3 is 0 Å². The first-order chi connectivity index (χ1) is 9.15. The monoisotopic (exact) mass is 282 g/mol. The molecule has 1 saturated heterocycles. The predicted octanol–water partition coefficient (Wildman–Crippen LogP) is 3.76. The molecule has 0 radical (unpaired) electrons. The van der Waals surface area contributed by atoms with Crippen molar-refractivity contribution in [3.8, 4) is 0 Å². The quantitative estimate of drug-likeness (QED) is 0.836. The number of nitrogens with zero attached hydrogens (tertiary/aromatic N) is 3. The Kier molecular flexibility index (Phi) is 4.66. The number of aromatic nitrogens is 3. The molecule has 4 nitrogen and oxygen atoms in total. The number of hydrogen-bond donors (Lipinski definition) is 1. The highest BCUT2D eigenvalue weighted by molar-refractivity contribution is 7.71. The lowest BCUT2D eigenvalue weighted by Crippen LogP contribution is -2.40. The van der Waals surface area contributed by atoms with Gasteiger partial charge in [0.15, 0.2) is 4.77 Å². The summed E-state index contributed by atoms with van der Waals surface area (Å²) in [5.74, 6) is 1.03. The van der Waals surface area contributed by atoms with E-state index in [0.717, 1.165) is 36.8 Å². The molecule has 0 unspecified atom stereocenters. The Labute approximate surface area is 121 Å². The van der Waals surface area contributed by atoms with Crippen LogP contribution in [0.15, 0.2) is 0 Å². The fourth-order valence-electron chi connectivity index (χ4n) is 3.11. The molecule has 0 aromatic carbocycles. The first kappa shape index (κ1) is 14.6. The van der Waals surface area contributed by atoms with Crippen molar-refractivity contribution in [1.29, 1.82) is 0 Å². The number of aromatic amines is 1. The Morgan fingerprint density at radius 2 is 1.84 bits per heavy atom. The van der Waals surface area contributed by atoms with Crippen molar-refractivity contribution in [2.24, 2.45) is 5.41 Å². The number of H-pyrrole nitrogens is 1. The van der Waals surface area contributed by atoms with Crippen molar-refractivity contribution in [2.45, 2.75) is 59.4 Å². The van der Waals surface area contributed by atoms with Crippen molar-refractivity contribution in [3.63, 3.8) is 0 Å². The van der Waals surface area contributed by atoms with E-state index in [2.05, 4.69) is 40.4 Å². The van der Waals surface area contributed by atoms with E-state index in [1.165, 1.54) is 25.7 Å². The molecular weight excluding hydrogens is 256 g/mol. The van der Waals surface area contributed by atoms with Crippen LogP contribution >= 0.6 is 12.2 Å². The first-order valence-corrected chi connectivity index (χ1v) is 7.96. The standard InChI is InChI=1S/C14H26N4S/c1-4-9-18-12(15-16-13(18)19)17-10-7-14(5-2,6-3)8-11-17/h4-11H2,1-3H3,(H,16,19). The van der Waals surface area contributed by atoms with Crippen LogP contribution in [0.2, 0.25) is 0 Å². The highest BCUT2D eigenvalue weighted by Crippen LogP contribution is 2.38. The predicted molar refractivity (Wildman–Crippen MR) is 82.2 cm³/mol. The average molecular weight is 282 g/mol. The topological polar surface area (TPSA) is 36.9 Å². The molecule has 1 aliphatic rings. The molecule has 1 aromatic rings. The number of nitrogens with one attached hydrogen (secondary N) is 1. The van der Waals surface area contributed by atoms with Crippen LogP contribution in [0.1, 0.15) is 52.9 Å². The zero-order valence-corrected chi connectivity index (χ0v) is 13.2. The van der Waals surface area contributed by atoms with E-state index in [9.17, 15) is 0 Å². The molecule has 19 heavy (non-hydrogen) atoms. The second-order valence-electron chi connectivity index (χ2n) is 5.67. The van der Waals surface area contributed by atoms with Gasteiger partial charge in [-0.2, -0.15) is 0 Å². The van der Waals surface area contributed by atoms with E-state index in [0.29, 0.717) is 5.41 Å². The van der Waals surface area contributed by atoms with Crippen LogP contribution < -0.4 is 4.90 Å². The number of anilines is 1. The number of piperidine rings is 1. The van der Waals surface area contributed by atoms with Crippen LogP contribution in [0.5, 0.6) is 0 Å². The first-order valence-electron chi connectivity index (χ1n) is 7.56. The second kappa shape index (κ2) is 6.07. The van der Waals surface area contributed by atoms with Crippen molar-refractivity contribution in [3.05, 3.63) is 4.77 Å². The molecule has 0 bridgehead atoms. The zero-order valence-electron chi connectivity index (χ0n) is 12.4. The fourth-order valence-corrected chi connectivity index (χ4v) is 3.33. The smallest absolute Gasteiger partial charge is 0.225 e. The van der Waals surface area contributed by atoms with Crippen molar-refractivity contribution in [2.75, 3.05) is 18.0 Å². The van der Waals surface area contributed by atoms with Crippen LogP contribution in [0.25, 0.3) is 0 Å². The molecular formula is C14H26N4S. The van der Waals surface area contributed by atoms with Crippen LogP contribution in [0, 0.1) is 10.2 Å². The van der Waals surface area contributed by atoms with Gasteiger partial charge in [-0.3, -0.25) is 4.57 Å². The second-order valence-corrected chi connectivity index (χ2v) is 6.06. The molecule has 0 aliphatic carbocycles. The summed E-state index contributed by atoms with van der Waals surface area (Å²) >= 11 is 5.32. The van der Waals surface area contributed by atoms with E-state index in [4.69, 9.17) is 12.2 Å². The molecule has 1 aliphatic heterocycles. The third-order valence-electron chi connectivity index (χ3n) is 4.79. The minimum atomic E-state index is 0.555. The molecule has 0 saturated carbocycles. The van der Waals surface area contributed by atoms with Crippen molar-refractivity contribution >= 4 is 18.2 Å². The van der Waals surface area contributed by atoms with Gasteiger partial charge in [0.05, 0.1) is 0 Å². The summed E-state index contributed by atoms with van der Waals surface area (Å²) in [6.45, 7) is 9.98. The van der Waals surface area contributed by atoms with E-state index in [1.807, 2.05) is 0 Å². The maximum absolute atomic E-state index is 5.32. The van der Waals surface area contributed by atoms with Crippen LogP contribution in [-0.4, -0.2) is 27.9 Å². The summed E-state index contributed by atoms with van der Waals surface area (Å²) in [5.41, 5.74) is 0.555. The lowest BCUT2D eigenvalue weighted by molar-refractivity contribution is 0.198. The summed E-state index contributed by atoms with van der Waals surface area (Å²) in [7, 11) is 0. The summed E-state index contributed by atoms with van der Waals surface area (Å²) in [4.78, 5) is 2.39. The van der Waals surface area contributed by atoms with Crippen LogP contribution in [0.4, 0.5) is 5.95 Å². The summed E-state index contributed by atoms with van der Waals surface area (Å²) in [6, 6.07) is 0. The van der Waals surface area contributed by atoms with Gasteiger partial charge in [0.1, 0.15) is 0 Å². The van der Waals surface area contributed by atoms with Crippen molar-refractivity contribution < 1.29 is 0 Å². The van der Waals surface area contributed by atoms with Gasteiger partial charge in [-0.1, -0.05) is 33.6 Å². The Morgan fingerprint density at radius 1 is 1.21 bits per heavy atom. The molecule has 108 valence electrons. The minimum Gasteiger partial charge on any atom is -0.341 e. The van der Waals surface area contributed by atoms with Gasteiger partial charge in [0, 0.05) is 19.6 Å². The SMILES string of the molecule is CCCn1c(N2CCC(CC)(CC)CC2)n[nH]c1=S. The molecule has 0 spiro atoms. The maximum Gasteiger partial charge on any atom is 0.225 e. The molecule has 2 rings (SSSR count). The molecule has 1 fully saturated rings. The average Bonchev–Trinajstić information content (AvgIpc) is 2.81.